The summed E-state index contributed by atoms with van der Waals surface area (Å²) in [7, 11) is 2.98. The van der Waals surface area contributed by atoms with Gasteiger partial charge in [-0.15, -0.1) is 0 Å². The Bertz CT molecular complexity index is 903. The van der Waals surface area contributed by atoms with E-state index in [1.807, 2.05) is 0 Å². The number of hydrogen-bond donors (Lipinski definition) is 2. The molecule has 1 aromatic carbocycles. The van der Waals surface area contributed by atoms with Crippen molar-refractivity contribution in [3.63, 3.8) is 0 Å². The molecule has 8 nitrogen and oxygen atoms in total. The molecule has 142 valence electrons. The highest BCUT2D eigenvalue weighted by atomic mass is 16.5. The third kappa shape index (κ3) is 3.69. The van der Waals surface area contributed by atoms with E-state index in [2.05, 4.69) is 15.7 Å². The normalized spacial score (nSPS) is 16.6. The maximum atomic E-state index is 12.6. The molecule has 0 bridgehead atoms. The second-order valence-corrected chi connectivity index (χ2v) is 6.46. The molecule has 1 aliphatic heterocycles. The average molecular weight is 370 g/mol. The van der Waals surface area contributed by atoms with E-state index < -0.39 is 12.0 Å². The Morgan fingerprint density at radius 1 is 1.37 bits per heavy atom. The first-order valence-electron chi connectivity index (χ1n) is 8.73. The van der Waals surface area contributed by atoms with E-state index in [9.17, 15) is 14.4 Å². The molecule has 2 amide bonds. The standard InChI is InChI=1S/C19H22N4O4/c1-11-15(16(19(26)27-3)23(2)22-11)12-6-4-7-13(10-12)17(24)21-14-8-5-9-20-18(14)25/h4,6-7,10,14H,5,8-9H2,1-3H3,(H,20,25)(H,21,24)/t14-/m0/s1. The quantitative estimate of drug-likeness (QED) is 0.787. The highest BCUT2D eigenvalue weighted by Gasteiger charge is 2.25. The van der Waals surface area contributed by atoms with Gasteiger partial charge >= 0.3 is 5.97 Å². The number of carbonyl (C=O) groups is 3. The minimum Gasteiger partial charge on any atom is -0.464 e. The SMILES string of the molecule is COC(=O)c1c(-c2cccc(C(=O)N[C@H]3CCCNC3=O)c2)c(C)nn1C. The molecule has 1 fully saturated rings. The number of benzene rings is 1. The fourth-order valence-electron chi connectivity index (χ4n) is 3.30. The lowest BCUT2D eigenvalue weighted by atomic mass is 10.00. The number of carbonyl (C=O) groups excluding carboxylic acids is 3. The molecule has 2 N–H and O–H groups in total. The molecule has 27 heavy (non-hydrogen) atoms. The molecule has 3 rings (SSSR count). The van der Waals surface area contributed by atoms with Gasteiger partial charge in [0.1, 0.15) is 6.04 Å². The first kappa shape index (κ1) is 18.6. The van der Waals surface area contributed by atoms with Crippen LogP contribution in [0.3, 0.4) is 0 Å². The maximum Gasteiger partial charge on any atom is 0.356 e. The summed E-state index contributed by atoms with van der Waals surface area (Å²) >= 11 is 0. The van der Waals surface area contributed by atoms with Crippen LogP contribution in [0.4, 0.5) is 0 Å². The highest BCUT2D eigenvalue weighted by molar-refractivity contribution is 6.00. The summed E-state index contributed by atoms with van der Waals surface area (Å²) in [6.07, 6.45) is 1.44. The summed E-state index contributed by atoms with van der Waals surface area (Å²) in [4.78, 5) is 36.6. The van der Waals surface area contributed by atoms with Crippen molar-refractivity contribution < 1.29 is 19.1 Å². The number of nitrogens with zero attached hydrogens (tertiary/aromatic N) is 2. The van der Waals surface area contributed by atoms with E-state index in [4.69, 9.17) is 4.74 Å². The number of rotatable bonds is 4. The molecule has 2 heterocycles. The predicted molar refractivity (Wildman–Crippen MR) is 98.2 cm³/mol. The van der Waals surface area contributed by atoms with Crippen molar-refractivity contribution in [2.24, 2.45) is 7.05 Å². The van der Waals surface area contributed by atoms with Crippen LogP contribution in [0.25, 0.3) is 11.1 Å². The van der Waals surface area contributed by atoms with Crippen molar-refractivity contribution in [2.45, 2.75) is 25.8 Å². The van der Waals surface area contributed by atoms with Crippen LogP contribution in [0.1, 0.15) is 39.4 Å². The Balaban J connectivity index is 1.91. The minimum atomic E-state index is -0.527. The third-order valence-corrected chi connectivity index (χ3v) is 4.61. The smallest absolute Gasteiger partial charge is 0.356 e. The molecule has 1 saturated heterocycles. The molecular formula is C19H22N4O4. The summed E-state index contributed by atoms with van der Waals surface area (Å²) in [5.74, 6) is -0.997. The lowest BCUT2D eigenvalue weighted by Gasteiger charge is -2.22. The summed E-state index contributed by atoms with van der Waals surface area (Å²) in [5, 5.41) is 9.81. The van der Waals surface area contributed by atoms with Crippen LogP contribution < -0.4 is 10.6 Å². The molecule has 0 saturated carbocycles. The zero-order valence-electron chi connectivity index (χ0n) is 15.5. The zero-order chi connectivity index (χ0) is 19.6. The second-order valence-electron chi connectivity index (χ2n) is 6.46. The Kier molecular flexibility index (Phi) is 5.25. The number of piperidine rings is 1. The Hall–Kier alpha value is -3.16. The Labute approximate surface area is 156 Å². The summed E-state index contributed by atoms with van der Waals surface area (Å²) in [6, 6.07) is 6.37. The maximum absolute atomic E-state index is 12.6. The molecule has 0 radical (unpaired) electrons. The lowest BCUT2D eigenvalue weighted by Crippen LogP contribution is -2.50. The molecular weight excluding hydrogens is 348 g/mol. The van der Waals surface area contributed by atoms with Gasteiger partial charge in [0.05, 0.1) is 12.8 Å². The molecule has 0 unspecified atom stereocenters. The first-order valence-corrected chi connectivity index (χ1v) is 8.73. The van der Waals surface area contributed by atoms with E-state index in [0.717, 1.165) is 6.42 Å². The van der Waals surface area contributed by atoms with E-state index in [1.54, 1.807) is 38.2 Å². The number of aryl methyl sites for hydroxylation is 2. The van der Waals surface area contributed by atoms with E-state index in [0.29, 0.717) is 41.0 Å². The van der Waals surface area contributed by atoms with Crippen molar-refractivity contribution in [1.82, 2.24) is 20.4 Å². The zero-order valence-corrected chi connectivity index (χ0v) is 15.5. The number of nitrogens with one attached hydrogen (secondary N) is 2. The van der Waals surface area contributed by atoms with Gasteiger partial charge in [0.2, 0.25) is 5.91 Å². The number of hydrogen-bond acceptors (Lipinski definition) is 5. The van der Waals surface area contributed by atoms with Gasteiger partial charge in [-0.05, 0) is 37.5 Å². The number of methoxy groups -OCH3 is 1. The fraction of sp³-hybridized carbons (Fsp3) is 0.368. The second kappa shape index (κ2) is 7.61. The van der Waals surface area contributed by atoms with Crippen molar-refractivity contribution in [2.75, 3.05) is 13.7 Å². The molecule has 0 spiro atoms. The van der Waals surface area contributed by atoms with Gasteiger partial charge in [0.15, 0.2) is 5.69 Å². The first-order chi connectivity index (χ1) is 12.9. The molecule has 0 aliphatic carbocycles. The summed E-state index contributed by atoms with van der Waals surface area (Å²) in [6.45, 7) is 2.43. The van der Waals surface area contributed by atoms with E-state index in [-0.39, 0.29) is 11.8 Å². The Morgan fingerprint density at radius 2 is 2.15 bits per heavy atom. The van der Waals surface area contributed by atoms with Crippen molar-refractivity contribution in [3.05, 3.63) is 41.2 Å². The van der Waals surface area contributed by atoms with Crippen LogP contribution in [0.5, 0.6) is 0 Å². The van der Waals surface area contributed by atoms with Crippen LogP contribution in [0, 0.1) is 6.92 Å². The van der Waals surface area contributed by atoms with Gasteiger partial charge in [-0.1, -0.05) is 12.1 Å². The van der Waals surface area contributed by atoms with Gasteiger partial charge in [-0.3, -0.25) is 14.3 Å². The molecule has 8 heteroatoms. The van der Waals surface area contributed by atoms with Crippen molar-refractivity contribution >= 4 is 17.8 Å². The minimum absolute atomic E-state index is 0.165. The average Bonchev–Trinajstić information content (AvgIpc) is 2.97. The lowest BCUT2D eigenvalue weighted by molar-refractivity contribution is -0.124. The summed E-state index contributed by atoms with van der Waals surface area (Å²) < 4.78 is 6.33. The van der Waals surface area contributed by atoms with Crippen LogP contribution in [0.2, 0.25) is 0 Å². The van der Waals surface area contributed by atoms with Gasteiger partial charge < -0.3 is 15.4 Å². The predicted octanol–water partition coefficient (Wildman–Crippen LogP) is 1.19. The van der Waals surface area contributed by atoms with Gasteiger partial charge in [-0.25, -0.2) is 4.79 Å². The van der Waals surface area contributed by atoms with E-state index >= 15 is 0 Å². The fourth-order valence-corrected chi connectivity index (χ4v) is 3.30. The molecule has 2 aromatic rings. The van der Waals surface area contributed by atoms with Crippen molar-refractivity contribution in [3.8, 4) is 11.1 Å². The molecule has 1 aromatic heterocycles. The van der Waals surface area contributed by atoms with Crippen molar-refractivity contribution in [1.29, 1.82) is 0 Å². The number of ether oxygens (including phenoxy) is 1. The molecule has 1 atom stereocenters. The van der Waals surface area contributed by atoms with E-state index in [1.165, 1.54) is 11.8 Å². The van der Waals surface area contributed by atoms with Crippen LogP contribution >= 0.6 is 0 Å². The molecule has 1 aliphatic rings. The van der Waals surface area contributed by atoms with Gasteiger partial charge in [0.25, 0.3) is 5.91 Å². The van der Waals surface area contributed by atoms with Gasteiger partial charge in [-0.2, -0.15) is 5.10 Å². The van der Waals surface area contributed by atoms with Crippen LogP contribution in [0.15, 0.2) is 24.3 Å². The van der Waals surface area contributed by atoms with Gasteiger partial charge in [0, 0.05) is 24.7 Å². The van der Waals surface area contributed by atoms with Crippen LogP contribution in [-0.2, 0) is 16.6 Å². The third-order valence-electron chi connectivity index (χ3n) is 4.61. The largest absolute Gasteiger partial charge is 0.464 e. The highest BCUT2D eigenvalue weighted by Crippen LogP contribution is 2.28. The van der Waals surface area contributed by atoms with Crippen LogP contribution in [-0.4, -0.2) is 47.3 Å². The summed E-state index contributed by atoms with van der Waals surface area (Å²) in [5.41, 5.74) is 2.68. The number of amides is 2. The number of aromatic nitrogens is 2. The number of esters is 1. The topological polar surface area (TPSA) is 102 Å². The Morgan fingerprint density at radius 3 is 2.85 bits per heavy atom. The monoisotopic (exact) mass is 370 g/mol.